The van der Waals surface area contributed by atoms with Gasteiger partial charge in [0.05, 0.1) is 57.1 Å². The number of aromatic nitrogens is 6. The maximum Gasteiger partial charge on any atom is 0.426 e. The van der Waals surface area contributed by atoms with Crippen LogP contribution in [0.4, 0.5) is 56.9 Å². The van der Waals surface area contributed by atoms with Crippen LogP contribution in [0.3, 0.4) is 0 Å². The van der Waals surface area contributed by atoms with E-state index in [1.54, 1.807) is 163 Å². The average molecular weight is 1640 g/mol. The topological polar surface area (TPSA) is 302 Å². The number of aliphatic hydroxyl groups excluding tert-OH is 1. The first kappa shape index (κ1) is 94.7. The number of pyridine rings is 2. The van der Waals surface area contributed by atoms with Crippen LogP contribution in [0.5, 0.6) is 5.88 Å². The number of amides is 4. The van der Waals surface area contributed by atoms with Crippen molar-refractivity contribution in [1.29, 1.82) is 0 Å². The van der Waals surface area contributed by atoms with Gasteiger partial charge in [-0.25, -0.2) is 24.2 Å². The van der Waals surface area contributed by atoms with E-state index in [1.165, 1.54) is 25.1 Å². The Hall–Kier alpha value is -11.1. The monoisotopic (exact) mass is 1630 g/mol. The number of carbonyl (C=O) groups is 4. The van der Waals surface area contributed by atoms with Crippen molar-refractivity contribution < 1.29 is 102 Å². The summed E-state index contributed by atoms with van der Waals surface area (Å²) < 4.78 is 153. The normalized spacial score (nSPS) is 13.4. The quantitative estimate of drug-likeness (QED) is 0.0225. The molecule has 8 rings (SSSR count). The first-order valence-electron chi connectivity index (χ1n) is 37.3. The minimum absolute atomic E-state index is 0.0314. The number of allylic oxidation sites excluding steroid dienone is 2. The number of aliphatic hydroxyl groups is 1. The molecule has 0 unspecified atom stereocenters. The van der Waals surface area contributed by atoms with E-state index < -0.39 is 143 Å². The lowest BCUT2D eigenvalue weighted by atomic mass is 9.96. The lowest BCUT2D eigenvalue weighted by Crippen LogP contribution is -2.45. The summed E-state index contributed by atoms with van der Waals surface area (Å²) in [7, 11) is 0. The predicted molar refractivity (Wildman–Crippen MR) is 426 cm³/mol. The van der Waals surface area contributed by atoms with Gasteiger partial charge in [0.15, 0.2) is 5.69 Å². The minimum atomic E-state index is -5.07. The third-order valence-electron chi connectivity index (χ3n) is 16.1. The standard InChI is InChI=1S/C43H51F3N4O8.C31H37F3N4O7.C12H16O2/c1-10-12-24-42(43(44,45)46,54-27-31-22-17-14-18-23-31)37-49-48-36(56-37)34-33(50(38(51)57-40(4,5)6)39(52)58-41(7,8)9)25-29(3)35(47-34)55-32(19-11-2)28-53-26-30-20-15-13-16-21-30;1-9-10-16-30(31(32,33)34,42-18-20-14-12-11-13-15-20)25-37-36-24(43-25)22-21(17-19(2)23(39)35-22)38(26(40)44-28(3,4)5)27(41)45-29(6,7)8;1-2-6-12(13)10-14-9-11-7-4-3-5-8-11/h10-11,13-18,20-23,25,32H,1-2,12,19,24,26-28H2,3-9H3;9,11-15,17H,1,10,16,18H2,2-8H3,(H,35,39);2-5,7-8,12-13H,1,6,9-10H2/t32-,42-;30-;12-/m110/s1. The van der Waals surface area contributed by atoms with Crippen LogP contribution in [0.1, 0.15) is 167 Å². The summed E-state index contributed by atoms with van der Waals surface area (Å²) in [5.74, 6) is -3.16. The summed E-state index contributed by atoms with van der Waals surface area (Å²) in [6.07, 6.45) is -10.7. The number of aryl methyl sites for hydroxylation is 2. The van der Waals surface area contributed by atoms with E-state index in [1.807, 2.05) is 60.7 Å². The van der Waals surface area contributed by atoms with E-state index >= 15 is 13.2 Å². The fourth-order valence-electron chi connectivity index (χ4n) is 10.6. The number of ether oxygens (including phenoxy) is 9. The van der Waals surface area contributed by atoms with Gasteiger partial charge in [0.2, 0.25) is 17.1 Å². The molecule has 31 heteroatoms. The second-order valence-corrected chi connectivity index (χ2v) is 30.7. The average Bonchev–Trinajstić information content (AvgIpc) is 1.73. The van der Waals surface area contributed by atoms with Crippen LogP contribution in [0, 0.1) is 13.8 Å². The van der Waals surface area contributed by atoms with Crippen LogP contribution in [0.15, 0.2) is 198 Å². The number of aromatic amines is 1. The SMILES string of the molecule is C=CCC[C@@](OCc1ccccc1)(c1nnc(-c2[nH]c(=O)c(C)cc2N(C(=O)OC(C)(C)C)C(=O)OC(C)(C)C)o1)C(F)(F)F.C=CCC[C@@](OCc1ccccc1)(c1nnc(-c2nc(O[C@H](CC=C)COCc3ccccc3)c(C)cc2N(C(=O)OC(C)(C)C)C(=O)OC(C)(C)C)o1)C(F)(F)F.C=CC[C@H](O)COCc1ccccc1. The van der Waals surface area contributed by atoms with Crippen LogP contribution in [0.2, 0.25) is 0 Å². The number of benzene rings is 4. The van der Waals surface area contributed by atoms with Gasteiger partial charge in [-0.15, -0.1) is 46.7 Å². The number of imide groups is 2. The Bertz CT molecular complexity index is 4560. The minimum Gasteiger partial charge on any atom is -0.471 e. The molecule has 4 aromatic heterocycles. The summed E-state index contributed by atoms with van der Waals surface area (Å²) in [4.78, 5) is 75.3. The zero-order chi connectivity index (χ0) is 86.7. The predicted octanol–water partition coefficient (Wildman–Crippen LogP) is 20.1. The van der Waals surface area contributed by atoms with Gasteiger partial charge in [0.25, 0.3) is 29.1 Å². The highest BCUT2D eigenvalue weighted by Crippen LogP contribution is 2.49. The molecule has 0 bridgehead atoms. The molecule has 0 aliphatic heterocycles. The van der Waals surface area contributed by atoms with Gasteiger partial charge in [-0.3, -0.25) is 4.79 Å². The summed E-state index contributed by atoms with van der Waals surface area (Å²) in [5, 5.41) is 24.7. The lowest BCUT2D eigenvalue weighted by molar-refractivity contribution is -0.299. The number of H-pyrrole nitrogens is 1. The van der Waals surface area contributed by atoms with Crippen molar-refractivity contribution >= 4 is 35.7 Å². The smallest absolute Gasteiger partial charge is 0.426 e. The Morgan fingerprint density at radius 3 is 1.22 bits per heavy atom. The number of hydrogen-bond acceptors (Lipinski definition) is 22. The van der Waals surface area contributed by atoms with E-state index in [-0.39, 0.29) is 48.0 Å². The number of alkyl halides is 6. The zero-order valence-electron chi connectivity index (χ0n) is 68.4. The molecule has 0 radical (unpaired) electrons. The fraction of sp³-hybridized carbons (Fsp3) is 0.419. The second-order valence-electron chi connectivity index (χ2n) is 30.7. The molecule has 25 nitrogen and oxygen atoms in total. The Morgan fingerprint density at radius 2 is 0.846 bits per heavy atom. The first-order valence-corrected chi connectivity index (χ1v) is 37.3. The maximum atomic E-state index is 15.3. The molecule has 2 N–H and O–H groups in total. The number of rotatable bonds is 32. The summed E-state index contributed by atoms with van der Waals surface area (Å²) in [6, 6.07) is 38.4. The molecule has 0 fully saturated rings. The molecule has 0 saturated heterocycles. The maximum absolute atomic E-state index is 15.3. The molecular weight excluding hydrogens is 1530 g/mol. The Labute approximate surface area is 677 Å². The molecule has 4 aromatic carbocycles. The highest BCUT2D eigenvalue weighted by Gasteiger charge is 2.62. The molecule has 4 amide bonds. The van der Waals surface area contributed by atoms with Gasteiger partial charge < -0.3 is 61.6 Å². The summed E-state index contributed by atoms with van der Waals surface area (Å²) in [6.45, 7) is 36.9. The van der Waals surface area contributed by atoms with Crippen molar-refractivity contribution in [2.45, 2.75) is 220 Å². The Kier molecular flexibility index (Phi) is 34.1. The van der Waals surface area contributed by atoms with Crippen LogP contribution < -0.4 is 20.1 Å². The van der Waals surface area contributed by atoms with Gasteiger partial charge in [-0.05, 0) is 163 Å². The lowest BCUT2D eigenvalue weighted by Gasteiger charge is -2.32. The van der Waals surface area contributed by atoms with E-state index in [9.17, 15) is 42.3 Å². The fourth-order valence-corrected chi connectivity index (χ4v) is 10.6. The van der Waals surface area contributed by atoms with Gasteiger partial charge >= 0.3 is 36.7 Å². The van der Waals surface area contributed by atoms with Crippen molar-refractivity contribution in [3.63, 3.8) is 0 Å². The molecule has 0 aliphatic rings. The molecule has 4 atom stereocenters. The molecular formula is C86H104F6N8O17. The highest BCUT2D eigenvalue weighted by molar-refractivity contribution is 6.12. The van der Waals surface area contributed by atoms with Crippen molar-refractivity contribution in [1.82, 2.24) is 30.4 Å². The van der Waals surface area contributed by atoms with Crippen LogP contribution in [0.25, 0.3) is 23.2 Å². The molecule has 0 spiro atoms. The van der Waals surface area contributed by atoms with E-state index in [0.29, 0.717) is 59.2 Å². The largest absolute Gasteiger partial charge is 0.471 e. The molecule has 8 aromatic rings. The van der Waals surface area contributed by atoms with Gasteiger partial charge in [0, 0.05) is 17.5 Å². The number of hydrogen-bond donors (Lipinski definition) is 2. The number of halogens is 6. The zero-order valence-corrected chi connectivity index (χ0v) is 68.4. The molecule has 632 valence electrons. The second kappa shape index (κ2) is 42.1. The Morgan fingerprint density at radius 1 is 0.487 bits per heavy atom. The van der Waals surface area contributed by atoms with E-state index in [0.717, 1.165) is 17.2 Å². The van der Waals surface area contributed by atoms with Crippen LogP contribution in [-0.4, -0.2) is 120 Å². The molecule has 117 heavy (non-hydrogen) atoms. The molecule has 0 saturated carbocycles. The van der Waals surface area contributed by atoms with Crippen molar-refractivity contribution in [2.75, 3.05) is 23.0 Å². The molecule has 4 heterocycles. The highest BCUT2D eigenvalue weighted by atomic mass is 19.4. The van der Waals surface area contributed by atoms with Crippen molar-refractivity contribution in [3.8, 4) is 29.0 Å². The number of nitrogens with zero attached hydrogens (tertiary/aromatic N) is 7. The number of carbonyl (C=O) groups excluding carboxylic acids is 4. The third kappa shape index (κ3) is 28.6. The number of nitrogens with one attached hydrogen (secondary N) is 1. The third-order valence-corrected chi connectivity index (χ3v) is 16.1. The summed E-state index contributed by atoms with van der Waals surface area (Å²) >= 11 is 0. The molecule has 0 aliphatic carbocycles. The Balaban J connectivity index is 0.000000318. The first-order chi connectivity index (χ1) is 54.9. The van der Waals surface area contributed by atoms with E-state index in [2.05, 4.69) is 56.7 Å². The van der Waals surface area contributed by atoms with Crippen LogP contribution >= 0.6 is 0 Å². The van der Waals surface area contributed by atoms with Gasteiger partial charge in [0.1, 0.15) is 34.2 Å². The van der Waals surface area contributed by atoms with Crippen molar-refractivity contribution in [2.24, 2.45) is 0 Å². The van der Waals surface area contributed by atoms with E-state index in [4.69, 9.17) is 51.5 Å². The van der Waals surface area contributed by atoms with Gasteiger partial charge in [-0.1, -0.05) is 146 Å². The summed E-state index contributed by atoms with van der Waals surface area (Å²) in [5.41, 5.74) is -9.30. The van der Waals surface area contributed by atoms with Crippen LogP contribution in [-0.2, 0) is 75.5 Å². The number of anilines is 2. The van der Waals surface area contributed by atoms with Gasteiger partial charge in [-0.2, -0.15) is 36.1 Å². The van der Waals surface area contributed by atoms with Crippen molar-refractivity contribution in [3.05, 3.63) is 240 Å².